The number of nitrogens with zero attached hydrogens (tertiary/aromatic N) is 3. The lowest BCUT2D eigenvalue weighted by molar-refractivity contribution is -0.0500. The monoisotopic (exact) mass is 353 g/mol. The summed E-state index contributed by atoms with van der Waals surface area (Å²) in [5.41, 5.74) is -6.91. The summed E-state index contributed by atoms with van der Waals surface area (Å²) in [4.78, 5) is 7.01. The Kier molecular flexibility index (Phi) is 3.18. The number of alkyl halides is 3. The molecule has 0 saturated heterocycles. The maximum Gasteiger partial charge on any atom is 0.534 e. The maximum absolute atomic E-state index is 13.8. The van der Waals surface area contributed by atoms with E-state index in [9.17, 15) is 30.4 Å². The molecule has 0 amide bonds. The number of fused-ring (bicyclic) bond motifs is 3. The molecule has 0 saturated carbocycles. The molecule has 0 aliphatic rings. The van der Waals surface area contributed by atoms with Crippen LogP contribution in [0.1, 0.15) is 0 Å². The minimum absolute atomic E-state index is 0.296. The Balaban J connectivity index is 2.31. The van der Waals surface area contributed by atoms with Gasteiger partial charge in [-0.25, -0.2) is 18.7 Å². The number of aromatic nitrogens is 3. The van der Waals surface area contributed by atoms with Gasteiger partial charge in [-0.1, -0.05) is 0 Å². The maximum atomic E-state index is 13.8. The Bertz CT molecular complexity index is 1030. The Morgan fingerprint density at radius 1 is 1.17 bits per heavy atom. The van der Waals surface area contributed by atoms with Crippen molar-refractivity contribution in [1.29, 1.82) is 0 Å². The molecule has 2 aromatic heterocycles. The quantitative estimate of drug-likeness (QED) is 0.402. The topological polar surface area (TPSA) is 73.6 Å². The molecule has 0 aliphatic heterocycles. The highest BCUT2D eigenvalue weighted by molar-refractivity contribution is 7.88. The highest BCUT2D eigenvalue weighted by Gasteiger charge is 2.49. The first kappa shape index (κ1) is 15.4. The zero-order chi connectivity index (χ0) is 17.0. The Labute approximate surface area is 124 Å². The van der Waals surface area contributed by atoms with Crippen molar-refractivity contribution in [2.75, 3.05) is 0 Å². The minimum Gasteiger partial charge on any atom is -0.351 e. The van der Waals surface area contributed by atoms with Crippen LogP contribution in [0.3, 0.4) is 0 Å². The summed E-state index contributed by atoms with van der Waals surface area (Å²) in [6, 6.07) is 1.25. The van der Waals surface area contributed by atoms with Crippen LogP contribution in [0, 0.1) is 11.6 Å². The zero-order valence-electron chi connectivity index (χ0n) is 10.7. The molecule has 0 fully saturated rings. The van der Waals surface area contributed by atoms with Gasteiger partial charge in [-0.05, 0) is 0 Å². The van der Waals surface area contributed by atoms with Crippen molar-refractivity contribution in [3.8, 4) is 5.88 Å². The first-order valence-corrected chi connectivity index (χ1v) is 7.13. The van der Waals surface area contributed by atoms with Crippen LogP contribution in [0.5, 0.6) is 5.88 Å². The summed E-state index contributed by atoms with van der Waals surface area (Å²) in [6.07, 6.45) is 2.19. The summed E-state index contributed by atoms with van der Waals surface area (Å²) < 4.78 is 91.3. The van der Waals surface area contributed by atoms with Gasteiger partial charge in [-0.2, -0.15) is 21.6 Å². The van der Waals surface area contributed by atoms with Crippen molar-refractivity contribution < 1.29 is 34.6 Å². The molecule has 2 heterocycles. The summed E-state index contributed by atoms with van der Waals surface area (Å²) in [5.74, 6) is -3.16. The highest BCUT2D eigenvalue weighted by Crippen LogP contribution is 2.30. The van der Waals surface area contributed by atoms with Crippen LogP contribution in [-0.2, 0) is 10.1 Å². The normalized spacial score (nSPS) is 12.9. The first-order valence-electron chi connectivity index (χ1n) is 5.73. The van der Waals surface area contributed by atoms with Gasteiger partial charge in [-0.3, -0.25) is 4.40 Å². The molecule has 0 spiro atoms. The van der Waals surface area contributed by atoms with Crippen LogP contribution in [0.25, 0.3) is 16.7 Å². The molecule has 6 nitrogen and oxygen atoms in total. The lowest BCUT2D eigenvalue weighted by atomic mass is 10.2. The molecule has 0 atom stereocenters. The fraction of sp³-hybridized carbons (Fsp3) is 0.0909. The lowest BCUT2D eigenvalue weighted by Gasteiger charge is -2.11. The minimum atomic E-state index is -6.01. The molecular formula is C11H4F5N3O3S. The van der Waals surface area contributed by atoms with Gasteiger partial charge in [0.25, 0.3) is 5.88 Å². The number of benzene rings is 1. The van der Waals surface area contributed by atoms with Crippen molar-refractivity contribution in [3.63, 3.8) is 0 Å². The molecule has 122 valence electrons. The number of hydrogen-bond acceptors (Lipinski definition) is 5. The number of rotatable bonds is 2. The molecule has 0 aliphatic carbocycles. The van der Waals surface area contributed by atoms with Crippen molar-refractivity contribution in [3.05, 3.63) is 36.2 Å². The fourth-order valence-electron chi connectivity index (χ4n) is 1.88. The third-order valence-corrected chi connectivity index (χ3v) is 3.72. The zero-order valence-corrected chi connectivity index (χ0v) is 11.5. The number of imidazole rings is 1. The van der Waals surface area contributed by atoms with Crippen molar-refractivity contribution in [2.45, 2.75) is 5.51 Å². The van der Waals surface area contributed by atoms with E-state index in [0.717, 1.165) is 16.8 Å². The van der Waals surface area contributed by atoms with Crippen LogP contribution in [0.2, 0.25) is 0 Å². The van der Waals surface area contributed by atoms with E-state index >= 15 is 0 Å². The van der Waals surface area contributed by atoms with Crippen molar-refractivity contribution in [2.24, 2.45) is 0 Å². The van der Waals surface area contributed by atoms with Gasteiger partial charge in [0.05, 0.1) is 5.52 Å². The van der Waals surface area contributed by atoms with Crippen LogP contribution < -0.4 is 4.18 Å². The molecule has 0 unspecified atom stereocenters. The average Bonchev–Trinajstić information content (AvgIpc) is 2.85. The molecule has 0 bridgehead atoms. The third kappa shape index (κ3) is 2.44. The van der Waals surface area contributed by atoms with E-state index in [1.807, 2.05) is 0 Å². The number of hydrogen-bond donors (Lipinski definition) is 0. The van der Waals surface area contributed by atoms with Gasteiger partial charge in [0.1, 0.15) is 11.3 Å². The SMILES string of the molecule is O=S(=O)(Oc1nc2cc(F)cc(F)c2n2ccnc12)C(F)(F)F. The summed E-state index contributed by atoms with van der Waals surface area (Å²) in [7, 11) is -6.01. The van der Waals surface area contributed by atoms with Crippen molar-refractivity contribution in [1.82, 2.24) is 14.4 Å². The van der Waals surface area contributed by atoms with Crippen LogP contribution in [0.4, 0.5) is 22.0 Å². The molecule has 23 heavy (non-hydrogen) atoms. The lowest BCUT2D eigenvalue weighted by Crippen LogP contribution is -2.28. The van der Waals surface area contributed by atoms with Gasteiger partial charge in [-0.15, -0.1) is 0 Å². The second kappa shape index (κ2) is 4.75. The Morgan fingerprint density at radius 2 is 1.87 bits per heavy atom. The second-order valence-electron chi connectivity index (χ2n) is 4.28. The second-order valence-corrected chi connectivity index (χ2v) is 5.81. The summed E-state index contributed by atoms with van der Waals surface area (Å²) >= 11 is 0. The standard InChI is InChI=1S/C11H4F5N3O3S/c12-5-3-6(13)8-7(4-5)18-10(9-17-1-2-19(8)9)22-23(20,21)11(14,15)16/h1-4H. The molecular weight excluding hydrogens is 349 g/mol. The van der Waals surface area contributed by atoms with E-state index in [1.165, 1.54) is 0 Å². The highest BCUT2D eigenvalue weighted by atomic mass is 32.2. The van der Waals surface area contributed by atoms with E-state index in [4.69, 9.17) is 0 Å². The largest absolute Gasteiger partial charge is 0.534 e. The van der Waals surface area contributed by atoms with E-state index in [0.29, 0.717) is 12.1 Å². The molecule has 1 aromatic carbocycles. The predicted octanol–water partition coefficient (Wildman–Crippen LogP) is 2.39. The van der Waals surface area contributed by atoms with Gasteiger partial charge < -0.3 is 4.18 Å². The predicted molar refractivity (Wildman–Crippen MR) is 66.0 cm³/mol. The van der Waals surface area contributed by atoms with Crippen molar-refractivity contribution >= 4 is 26.8 Å². The fourth-order valence-corrected chi connectivity index (χ4v) is 2.30. The average molecular weight is 353 g/mol. The summed E-state index contributed by atoms with van der Waals surface area (Å²) in [5, 5.41) is 0. The number of halogens is 5. The molecule has 0 radical (unpaired) electrons. The van der Waals surface area contributed by atoms with Gasteiger partial charge in [0, 0.05) is 24.5 Å². The van der Waals surface area contributed by atoms with E-state index < -0.39 is 44.3 Å². The van der Waals surface area contributed by atoms with Gasteiger partial charge >= 0.3 is 15.6 Å². The van der Waals surface area contributed by atoms with E-state index in [-0.39, 0.29) is 5.52 Å². The van der Waals surface area contributed by atoms with E-state index in [1.54, 1.807) is 0 Å². The van der Waals surface area contributed by atoms with Gasteiger partial charge in [0.15, 0.2) is 5.82 Å². The molecule has 12 heteroatoms. The molecule has 0 N–H and O–H groups in total. The summed E-state index contributed by atoms with van der Waals surface area (Å²) in [6.45, 7) is 0. The Hall–Kier alpha value is -2.50. The molecule has 3 rings (SSSR count). The van der Waals surface area contributed by atoms with E-state index in [2.05, 4.69) is 14.2 Å². The Morgan fingerprint density at radius 3 is 2.52 bits per heavy atom. The first-order chi connectivity index (χ1) is 10.6. The molecule has 3 aromatic rings. The van der Waals surface area contributed by atoms with Gasteiger partial charge in [0.2, 0.25) is 5.65 Å². The third-order valence-electron chi connectivity index (χ3n) is 2.78. The van der Waals surface area contributed by atoms with Crippen LogP contribution >= 0.6 is 0 Å². The van der Waals surface area contributed by atoms with Crippen LogP contribution in [-0.4, -0.2) is 28.3 Å². The smallest absolute Gasteiger partial charge is 0.351 e. The van der Waals surface area contributed by atoms with Crippen LogP contribution in [0.15, 0.2) is 24.5 Å².